The molecule has 0 radical (unpaired) electrons. The van der Waals surface area contributed by atoms with Gasteiger partial charge in [0, 0.05) is 31.5 Å². The highest BCUT2D eigenvalue weighted by molar-refractivity contribution is 6.43. The fourth-order valence-electron chi connectivity index (χ4n) is 1.79. The molecule has 2 aromatic rings. The van der Waals surface area contributed by atoms with Gasteiger partial charge in [0.05, 0.1) is 15.7 Å². The zero-order valence-electron chi connectivity index (χ0n) is 10.8. The smallest absolute Gasteiger partial charge is 0.254 e. The van der Waals surface area contributed by atoms with Gasteiger partial charge in [0.15, 0.2) is 0 Å². The summed E-state index contributed by atoms with van der Waals surface area (Å²) in [6.45, 7) is 0.451. The lowest BCUT2D eigenvalue weighted by atomic mass is 10.1. The number of carbonyl (C=O) groups excluding carboxylic acids is 1. The molecule has 20 heavy (non-hydrogen) atoms. The number of rotatable bonds is 3. The summed E-state index contributed by atoms with van der Waals surface area (Å²) < 4.78 is 0. The van der Waals surface area contributed by atoms with Crippen molar-refractivity contribution in [1.29, 1.82) is 0 Å². The van der Waals surface area contributed by atoms with Crippen molar-refractivity contribution in [3.8, 4) is 0 Å². The molecule has 2 rings (SSSR count). The van der Waals surface area contributed by atoms with Crippen LogP contribution in [0.5, 0.6) is 0 Å². The van der Waals surface area contributed by atoms with Crippen molar-refractivity contribution in [2.24, 2.45) is 0 Å². The highest BCUT2D eigenvalue weighted by Crippen LogP contribution is 2.29. The highest BCUT2D eigenvalue weighted by atomic mass is 35.5. The normalized spacial score (nSPS) is 10.3. The van der Waals surface area contributed by atoms with Crippen molar-refractivity contribution in [2.45, 2.75) is 6.54 Å². The number of nitrogens with zero attached hydrogens (tertiary/aromatic N) is 2. The van der Waals surface area contributed by atoms with E-state index < -0.39 is 0 Å². The van der Waals surface area contributed by atoms with Crippen LogP contribution in [0.3, 0.4) is 0 Å². The van der Waals surface area contributed by atoms with Crippen molar-refractivity contribution in [2.75, 3.05) is 12.8 Å². The number of halogens is 2. The van der Waals surface area contributed by atoms with E-state index >= 15 is 0 Å². The summed E-state index contributed by atoms with van der Waals surface area (Å²) in [6, 6.07) is 6.77. The first-order valence-electron chi connectivity index (χ1n) is 5.88. The van der Waals surface area contributed by atoms with Crippen LogP contribution in [0.4, 0.5) is 5.69 Å². The van der Waals surface area contributed by atoms with Crippen molar-refractivity contribution >= 4 is 34.8 Å². The van der Waals surface area contributed by atoms with E-state index in [0.29, 0.717) is 12.1 Å². The van der Waals surface area contributed by atoms with E-state index in [1.54, 1.807) is 24.3 Å². The molecule has 0 aliphatic rings. The number of pyridine rings is 1. The number of nitrogens with two attached hydrogens (primary N) is 1. The second kappa shape index (κ2) is 6.11. The average Bonchev–Trinajstić information content (AvgIpc) is 2.44. The maximum absolute atomic E-state index is 12.3. The second-order valence-corrected chi connectivity index (χ2v) is 5.17. The summed E-state index contributed by atoms with van der Waals surface area (Å²) >= 11 is 11.8. The number of anilines is 1. The summed E-state index contributed by atoms with van der Waals surface area (Å²) in [5, 5.41) is 0.530. The van der Waals surface area contributed by atoms with Crippen LogP contribution in [-0.2, 0) is 6.54 Å². The Morgan fingerprint density at radius 3 is 2.75 bits per heavy atom. The summed E-state index contributed by atoms with van der Waals surface area (Å²) in [7, 11) is 1.70. The summed E-state index contributed by atoms with van der Waals surface area (Å²) in [5.41, 5.74) is 7.35. The van der Waals surface area contributed by atoms with E-state index in [-0.39, 0.29) is 21.6 Å². The first-order valence-corrected chi connectivity index (χ1v) is 6.63. The Morgan fingerprint density at radius 1 is 1.40 bits per heavy atom. The maximum atomic E-state index is 12.3. The number of benzene rings is 1. The van der Waals surface area contributed by atoms with Gasteiger partial charge in [-0.25, -0.2) is 0 Å². The fourth-order valence-corrected chi connectivity index (χ4v) is 2.13. The second-order valence-electron chi connectivity index (χ2n) is 4.38. The van der Waals surface area contributed by atoms with Gasteiger partial charge < -0.3 is 10.6 Å². The molecule has 1 heterocycles. The van der Waals surface area contributed by atoms with Crippen LogP contribution in [-0.4, -0.2) is 22.8 Å². The van der Waals surface area contributed by atoms with Gasteiger partial charge >= 0.3 is 0 Å². The Morgan fingerprint density at radius 2 is 2.15 bits per heavy atom. The molecule has 0 aliphatic carbocycles. The van der Waals surface area contributed by atoms with Crippen molar-refractivity contribution in [3.63, 3.8) is 0 Å². The molecule has 6 heteroatoms. The Hall–Kier alpha value is -1.78. The molecule has 0 unspecified atom stereocenters. The zero-order chi connectivity index (χ0) is 14.7. The molecule has 0 atom stereocenters. The third kappa shape index (κ3) is 3.21. The molecule has 0 spiro atoms. The van der Waals surface area contributed by atoms with Crippen LogP contribution in [0.15, 0.2) is 36.7 Å². The molecule has 0 bridgehead atoms. The van der Waals surface area contributed by atoms with E-state index in [1.807, 2.05) is 12.1 Å². The Labute approximate surface area is 127 Å². The minimum absolute atomic E-state index is 0.181. The molecule has 2 N–H and O–H groups in total. The number of carbonyl (C=O) groups is 1. The first-order chi connectivity index (χ1) is 9.49. The standard InChI is InChI=1S/C14H13Cl2N3O/c1-19(8-9-3-2-4-18-7-9)14(20)10-5-11(15)13(16)12(17)6-10/h2-7H,8,17H2,1H3. The average molecular weight is 310 g/mol. The van der Waals surface area contributed by atoms with E-state index in [0.717, 1.165) is 5.56 Å². The summed E-state index contributed by atoms with van der Waals surface area (Å²) in [6.07, 6.45) is 3.40. The van der Waals surface area contributed by atoms with Crippen LogP contribution in [0.25, 0.3) is 0 Å². The van der Waals surface area contributed by atoms with E-state index in [4.69, 9.17) is 28.9 Å². The molecule has 0 saturated carbocycles. The highest BCUT2D eigenvalue weighted by Gasteiger charge is 2.15. The monoisotopic (exact) mass is 309 g/mol. The predicted molar refractivity (Wildman–Crippen MR) is 80.9 cm³/mol. The van der Waals surface area contributed by atoms with E-state index in [2.05, 4.69) is 4.98 Å². The SMILES string of the molecule is CN(Cc1cccnc1)C(=O)c1cc(N)c(Cl)c(Cl)c1. The third-order valence-electron chi connectivity index (χ3n) is 2.79. The lowest BCUT2D eigenvalue weighted by Crippen LogP contribution is -2.26. The largest absolute Gasteiger partial charge is 0.397 e. The van der Waals surface area contributed by atoms with Gasteiger partial charge in [-0.3, -0.25) is 9.78 Å². The summed E-state index contributed by atoms with van der Waals surface area (Å²) in [4.78, 5) is 17.9. The van der Waals surface area contributed by atoms with Crippen LogP contribution < -0.4 is 5.73 Å². The van der Waals surface area contributed by atoms with Gasteiger partial charge in [-0.2, -0.15) is 0 Å². The lowest BCUT2D eigenvalue weighted by molar-refractivity contribution is 0.0785. The van der Waals surface area contributed by atoms with Crippen LogP contribution in [0, 0.1) is 0 Å². The molecular formula is C14H13Cl2N3O. The Bertz CT molecular complexity index is 609. The van der Waals surface area contributed by atoms with Crippen molar-refractivity contribution in [3.05, 3.63) is 57.8 Å². The van der Waals surface area contributed by atoms with Gasteiger partial charge in [-0.15, -0.1) is 0 Å². The molecule has 1 amide bonds. The molecular weight excluding hydrogens is 297 g/mol. The Balaban J connectivity index is 2.19. The quantitative estimate of drug-likeness (QED) is 0.885. The van der Waals surface area contributed by atoms with E-state index in [9.17, 15) is 4.79 Å². The molecule has 1 aromatic carbocycles. The van der Waals surface area contributed by atoms with Crippen molar-refractivity contribution < 1.29 is 4.79 Å². The van der Waals surface area contributed by atoms with E-state index in [1.165, 1.54) is 12.1 Å². The molecule has 0 fully saturated rings. The number of nitrogen functional groups attached to an aromatic ring is 1. The number of hydrogen-bond acceptors (Lipinski definition) is 3. The predicted octanol–water partition coefficient (Wildman–Crippen LogP) is 3.24. The molecule has 1 aromatic heterocycles. The number of amides is 1. The fraction of sp³-hybridized carbons (Fsp3) is 0.143. The maximum Gasteiger partial charge on any atom is 0.254 e. The minimum Gasteiger partial charge on any atom is -0.397 e. The zero-order valence-corrected chi connectivity index (χ0v) is 12.3. The van der Waals surface area contributed by atoms with Gasteiger partial charge in [0.2, 0.25) is 0 Å². The van der Waals surface area contributed by atoms with Gasteiger partial charge in [0.1, 0.15) is 0 Å². The first kappa shape index (κ1) is 14.6. The van der Waals surface area contributed by atoms with Crippen LogP contribution >= 0.6 is 23.2 Å². The Kier molecular flexibility index (Phi) is 4.47. The molecule has 0 aliphatic heterocycles. The molecule has 104 valence electrons. The molecule has 0 saturated heterocycles. The number of aromatic nitrogens is 1. The molecule has 4 nitrogen and oxygen atoms in total. The van der Waals surface area contributed by atoms with Crippen molar-refractivity contribution in [1.82, 2.24) is 9.88 Å². The topological polar surface area (TPSA) is 59.2 Å². The van der Waals surface area contributed by atoms with Gasteiger partial charge in [-0.1, -0.05) is 29.3 Å². The van der Waals surface area contributed by atoms with Gasteiger partial charge in [-0.05, 0) is 23.8 Å². The lowest BCUT2D eigenvalue weighted by Gasteiger charge is -2.17. The minimum atomic E-state index is -0.181. The third-order valence-corrected chi connectivity index (χ3v) is 3.61. The van der Waals surface area contributed by atoms with Crippen LogP contribution in [0.2, 0.25) is 10.0 Å². The van der Waals surface area contributed by atoms with Gasteiger partial charge in [0.25, 0.3) is 5.91 Å². The van der Waals surface area contributed by atoms with Crippen LogP contribution in [0.1, 0.15) is 15.9 Å². The number of hydrogen-bond donors (Lipinski definition) is 1. The summed E-state index contributed by atoms with van der Waals surface area (Å²) in [5.74, 6) is -0.181.